The van der Waals surface area contributed by atoms with Gasteiger partial charge in [0.1, 0.15) is 12.6 Å². The lowest BCUT2D eigenvalue weighted by atomic mass is 9.95. The van der Waals surface area contributed by atoms with Crippen molar-refractivity contribution in [2.45, 2.75) is 75.8 Å². The molecule has 1 fully saturated rings. The van der Waals surface area contributed by atoms with Gasteiger partial charge in [0, 0.05) is 12.6 Å². The Kier molecular flexibility index (Phi) is 11.5. The van der Waals surface area contributed by atoms with E-state index in [1.54, 1.807) is 24.3 Å². The number of halogens is 2. The molecule has 0 saturated heterocycles. The van der Waals surface area contributed by atoms with Crippen molar-refractivity contribution in [1.82, 2.24) is 10.2 Å². The van der Waals surface area contributed by atoms with Crippen LogP contribution in [-0.2, 0) is 26.0 Å². The van der Waals surface area contributed by atoms with E-state index in [0.717, 1.165) is 47.5 Å². The van der Waals surface area contributed by atoms with Gasteiger partial charge in [-0.2, -0.15) is 0 Å². The lowest BCUT2D eigenvalue weighted by Crippen LogP contribution is -2.54. The van der Waals surface area contributed by atoms with Gasteiger partial charge in [-0.3, -0.25) is 13.9 Å². The number of aryl methyl sites for hydroxylation is 1. The zero-order valence-electron chi connectivity index (χ0n) is 24.6. The molecule has 0 aliphatic heterocycles. The minimum atomic E-state index is -4.24. The fourth-order valence-corrected chi connectivity index (χ4v) is 7.35. The van der Waals surface area contributed by atoms with Gasteiger partial charge in [0.25, 0.3) is 10.0 Å². The van der Waals surface area contributed by atoms with Gasteiger partial charge in [-0.15, -0.1) is 0 Å². The van der Waals surface area contributed by atoms with Crippen LogP contribution >= 0.6 is 23.2 Å². The monoisotopic (exact) mass is 643 g/mol. The largest absolute Gasteiger partial charge is 0.352 e. The molecule has 0 unspecified atom stereocenters. The topological polar surface area (TPSA) is 86.8 Å². The highest BCUT2D eigenvalue weighted by atomic mass is 35.5. The highest BCUT2D eigenvalue weighted by molar-refractivity contribution is 7.92. The number of nitrogens with one attached hydrogen (secondary N) is 1. The first-order valence-electron chi connectivity index (χ1n) is 14.8. The molecule has 0 bridgehead atoms. The number of rotatable bonds is 12. The molecule has 1 aliphatic rings. The highest BCUT2D eigenvalue weighted by Gasteiger charge is 2.35. The normalized spacial score (nSPS) is 14.6. The van der Waals surface area contributed by atoms with E-state index in [2.05, 4.69) is 5.32 Å². The van der Waals surface area contributed by atoms with Gasteiger partial charge in [-0.25, -0.2) is 8.42 Å². The summed E-state index contributed by atoms with van der Waals surface area (Å²) in [4.78, 5) is 29.4. The van der Waals surface area contributed by atoms with Crippen molar-refractivity contribution in [1.29, 1.82) is 0 Å². The Morgan fingerprint density at radius 1 is 0.930 bits per heavy atom. The van der Waals surface area contributed by atoms with Crippen LogP contribution in [-0.4, -0.2) is 50.3 Å². The fourth-order valence-electron chi connectivity index (χ4n) is 5.48. The first-order valence-corrected chi connectivity index (χ1v) is 17.0. The molecule has 10 heteroatoms. The maximum Gasteiger partial charge on any atom is 0.264 e. The molecule has 4 rings (SSSR count). The summed E-state index contributed by atoms with van der Waals surface area (Å²) in [6.45, 7) is 3.40. The molecule has 43 heavy (non-hydrogen) atoms. The molecular formula is C33H39Cl2N3O4S. The molecule has 7 nitrogen and oxygen atoms in total. The third kappa shape index (κ3) is 8.31. The number of benzene rings is 3. The molecule has 2 amide bonds. The summed E-state index contributed by atoms with van der Waals surface area (Å²) in [5, 5.41) is 3.34. The average molecular weight is 645 g/mol. The number of anilines is 1. The Hall–Kier alpha value is -3.07. The number of hydrogen-bond donors (Lipinski definition) is 1. The van der Waals surface area contributed by atoms with Crippen molar-refractivity contribution in [2.75, 3.05) is 17.4 Å². The second-order valence-corrected chi connectivity index (χ2v) is 13.6. The van der Waals surface area contributed by atoms with Crippen LogP contribution in [0, 0.1) is 6.92 Å². The maximum atomic E-state index is 14.2. The van der Waals surface area contributed by atoms with Crippen LogP contribution in [0.15, 0.2) is 77.7 Å². The minimum absolute atomic E-state index is 0.0138. The van der Waals surface area contributed by atoms with Gasteiger partial charge in [-0.1, -0.05) is 103 Å². The molecule has 230 valence electrons. The standard InChI is InChI=1S/C33H39Cl2N3O4S/c1-3-29(33(40)36-26-13-8-5-9-14-26)37(22-21-25-11-6-4-7-12-25)31(39)23-38(30-16-10-15-28(34)32(30)35)43(41,42)27-19-17-24(2)18-20-27/h4,6-7,10-12,15-20,26,29H,3,5,8-9,13-14,21-23H2,1-2H3,(H,36,40)/t29-/m0/s1. The van der Waals surface area contributed by atoms with Gasteiger partial charge in [0.15, 0.2) is 0 Å². The minimum Gasteiger partial charge on any atom is -0.352 e. The van der Waals surface area contributed by atoms with Gasteiger partial charge >= 0.3 is 0 Å². The van der Waals surface area contributed by atoms with Crippen molar-refractivity contribution in [2.24, 2.45) is 0 Å². The molecule has 3 aromatic carbocycles. The Morgan fingerprint density at radius 3 is 2.26 bits per heavy atom. The first-order chi connectivity index (χ1) is 20.6. The molecule has 3 aromatic rings. The van der Waals surface area contributed by atoms with E-state index in [4.69, 9.17) is 23.2 Å². The smallest absolute Gasteiger partial charge is 0.264 e. The van der Waals surface area contributed by atoms with E-state index >= 15 is 0 Å². The van der Waals surface area contributed by atoms with E-state index < -0.39 is 28.5 Å². The number of nitrogens with zero attached hydrogens (tertiary/aromatic N) is 2. The summed E-state index contributed by atoms with van der Waals surface area (Å²) in [6, 6.07) is 20.1. The Bertz CT molecular complexity index is 1490. The zero-order chi connectivity index (χ0) is 31.0. The molecule has 1 N–H and O–H groups in total. The van der Waals surface area contributed by atoms with Crippen molar-refractivity contribution in [3.63, 3.8) is 0 Å². The SMILES string of the molecule is CC[C@@H](C(=O)NC1CCCCC1)N(CCc1ccccc1)C(=O)CN(c1cccc(Cl)c1Cl)S(=O)(=O)c1ccc(C)cc1. The van der Waals surface area contributed by atoms with Crippen molar-refractivity contribution in [3.8, 4) is 0 Å². The Morgan fingerprint density at radius 2 is 1.60 bits per heavy atom. The quantitative estimate of drug-likeness (QED) is 0.235. The van der Waals surface area contributed by atoms with E-state index in [1.165, 1.54) is 23.1 Å². The van der Waals surface area contributed by atoms with Gasteiger partial charge < -0.3 is 10.2 Å². The number of amides is 2. The van der Waals surface area contributed by atoms with Crippen LogP contribution in [0.25, 0.3) is 0 Å². The van der Waals surface area contributed by atoms with Gasteiger partial charge in [-0.05, 0) is 62.4 Å². The van der Waals surface area contributed by atoms with Crippen LogP contribution in [0.5, 0.6) is 0 Å². The molecule has 0 radical (unpaired) electrons. The summed E-state index contributed by atoms with van der Waals surface area (Å²) in [7, 11) is -4.24. The predicted molar refractivity (Wildman–Crippen MR) is 173 cm³/mol. The fraction of sp³-hybridized carbons (Fsp3) is 0.394. The van der Waals surface area contributed by atoms with Gasteiger partial charge in [0.05, 0.1) is 20.6 Å². The molecule has 0 aromatic heterocycles. The average Bonchev–Trinajstić information content (AvgIpc) is 3.00. The number of carbonyl (C=O) groups is 2. The van der Waals surface area contributed by atoms with Crippen LogP contribution in [0.3, 0.4) is 0 Å². The molecule has 1 aliphatic carbocycles. The lowest BCUT2D eigenvalue weighted by Gasteiger charge is -2.34. The van der Waals surface area contributed by atoms with Crippen molar-refractivity contribution in [3.05, 3.63) is 94.0 Å². The second kappa shape index (κ2) is 15.1. The van der Waals surface area contributed by atoms with Crippen molar-refractivity contribution < 1.29 is 18.0 Å². The van der Waals surface area contributed by atoms with Crippen LogP contribution in [0.2, 0.25) is 10.0 Å². The Balaban J connectivity index is 1.70. The highest BCUT2D eigenvalue weighted by Crippen LogP contribution is 2.35. The second-order valence-electron chi connectivity index (χ2n) is 11.0. The van der Waals surface area contributed by atoms with E-state index in [9.17, 15) is 18.0 Å². The molecule has 0 spiro atoms. The lowest BCUT2D eigenvalue weighted by molar-refractivity contribution is -0.140. The van der Waals surface area contributed by atoms with Crippen LogP contribution < -0.4 is 9.62 Å². The third-order valence-electron chi connectivity index (χ3n) is 7.91. The number of sulfonamides is 1. The summed E-state index contributed by atoms with van der Waals surface area (Å²) >= 11 is 12.8. The summed E-state index contributed by atoms with van der Waals surface area (Å²) < 4.78 is 29.1. The van der Waals surface area contributed by atoms with Crippen LogP contribution in [0.1, 0.15) is 56.6 Å². The van der Waals surface area contributed by atoms with E-state index in [0.29, 0.717) is 12.8 Å². The zero-order valence-corrected chi connectivity index (χ0v) is 27.0. The van der Waals surface area contributed by atoms with Crippen LogP contribution in [0.4, 0.5) is 5.69 Å². The predicted octanol–water partition coefficient (Wildman–Crippen LogP) is 6.80. The van der Waals surface area contributed by atoms with E-state index in [-0.39, 0.29) is 39.1 Å². The molecule has 1 saturated carbocycles. The molecule has 1 atom stereocenters. The Labute approximate surface area is 265 Å². The van der Waals surface area contributed by atoms with Gasteiger partial charge in [0.2, 0.25) is 11.8 Å². The molecular weight excluding hydrogens is 605 g/mol. The summed E-state index contributed by atoms with van der Waals surface area (Å²) in [5.41, 5.74) is 1.99. The third-order valence-corrected chi connectivity index (χ3v) is 10.5. The molecule has 0 heterocycles. The van der Waals surface area contributed by atoms with Crippen molar-refractivity contribution >= 4 is 50.7 Å². The summed E-state index contributed by atoms with van der Waals surface area (Å²) in [6.07, 6.45) is 5.98. The summed E-state index contributed by atoms with van der Waals surface area (Å²) in [5.74, 6) is -0.724. The maximum absolute atomic E-state index is 14.2. The first kappa shape index (κ1) is 32.8. The van der Waals surface area contributed by atoms with E-state index in [1.807, 2.05) is 44.2 Å². The number of hydrogen-bond acceptors (Lipinski definition) is 4. The number of carbonyl (C=O) groups excluding carboxylic acids is 2.